The lowest BCUT2D eigenvalue weighted by atomic mass is 10.2. The zero-order valence-electron chi connectivity index (χ0n) is 9.98. The Balaban J connectivity index is 2.44. The number of halogens is 1. The Morgan fingerprint density at radius 3 is 2.53 bits per heavy atom. The molecule has 0 fully saturated rings. The summed E-state index contributed by atoms with van der Waals surface area (Å²) in [5.74, 6) is 1.31. The standard InChI is InChI=1S/C12H13ClN4/c1-7(13)10-6-15-12(16-8(10)2)11-4-5-14-9(3)17-11/h4-7H,1-3H3. The first-order chi connectivity index (χ1) is 8.08. The lowest BCUT2D eigenvalue weighted by Crippen LogP contribution is -2.00. The van der Waals surface area contributed by atoms with Crippen LogP contribution in [0.4, 0.5) is 0 Å². The minimum atomic E-state index is -0.0869. The van der Waals surface area contributed by atoms with Crippen molar-refractivity contribution in [3.63, 3.8) is 0 Å². The fourth-order valence-electron chi connectivity index (χ4n) is 1.57. The number of hydrogen-bond donors (Lipinski definition) is 0. The third kappa shape index (κ3) is 2.58. The number of rotatable bonds is 2. The highest BCUT2D eigenvalue weighted by atomic mass is 35.5. The van der Waals surface area contributed by atoms with Gasteiger partial charge < -0.3 is 0 Å². The van der Waals surface area contributed by atoms with Gasteiger partial charge in [0.1, 0.15) is 11.5 Å². The molecule has 17 heavy (non-hydrogen) atoms. The van der Waals surface area contributed by atoms with E-state index in [-0.39, 0.29) is 5.38 Å². The molecule has 2 aromatic rings. The minimum Gasteiger partial charge on any atom is -0.242 e. The smallest absolute Gasteiger partial charge is 0.178 e. The molecule has 0 spiro atoms. The SMILES string of the molecule is Cc1nccc(-c2ncc(C(C)Cl)c(C)n2)n1. The van der Waals surface area contributed by atoms with Crippen LogP contribution in [0, 0.1) is 13.8 Å². The van der Waals surface area contributed by atoms with Gasteiger partial charge in [-0.15, -0.1) is 11.6 Å². The van der Waals surface area contributed by atoms with E-state index in [4.69, 9.17) is 11.6 Å². The molecule has 0 saturated heterocycles. The second-order valence-electron chi connectivity index (χ2n) is 3.84. The first-order valence-corrected chi connectivity index (χ1v) is 5.79. The molecule has 2 rings (SSSR count). The van der Waals surface area contributed by atoms with E-state index in [1.807, 2.05) is 20.8 Å². The van der Waals surface area contributed by atoms with Gasteiger partial charge in [0, 0.05) is 23.7 Å². The average Bonchev–Trinajstić information content (AvgIpc) is 2.28. The molecule has 5 heteroatoms. The van der Waals surface area contributed by atoms with Crippen LogP contribution in [0.1, 0.15) is 29.4 Å². The molecule has 2 aromatic heterocycles. The van der Waals surface area contributed by atoms with Gasteiger partial charge in [0.2, 0.25) is 0 Å². The lowest BCUT2D eigenvalue weighted by molar-refractivity contribution is 0.962. The van der Waals surface area contributed by atoms with E-state index < -0.39 is 0 Å². The molecule has 0 amide bonds. The van der Waals surface area contributed by atoms with E-state index >= 15 is 0 Å². The predicted molar refractivity (Wildman–Crippen MR) is 66.8 cm³/mol. The molecule has 0 aliphatic rings. The highest BCUT2D eigenvalue weighted by Gasteiger charge is 2.10. The number of nitrogens with zero attached hydrogens (tertiary/aromatic N) is 4. The molecule has 0 N–H and O–H groups in total. The highest BCUT2D eigenvalue weighted by Crippen LogP contribution is 2.22. The second kappa shape index (κ2) is 4.75. The normalized spacial score (nSPS) is 12.5. The van der Waals surface area contributed by atoms with Crippen molar-refractivity contribution >= 4 is 11.6 Å². The van der Waals surface area contributed by atoms with Gasteiger partial charge in [0.25, 0.3) is 0 Å². The molecule has 1 unspecified atom stereocenters. The van der Waals surface area contributed by atoms with E-state index in [1.165, 1.54) is 0 Å². The van der Waals surface area contributed by atoms with Crippen LogP contribution >= 0.6 is 11.6 Å². The second-order valence-corrected chi connectivity index (χ2v) is 4.49. The summed E-state index contributed by atoms with van der Waals surface area (Å²) in [6, 6.07) is 1.80. The maximum atomic E-state index is 6.03. The maximum absolute atomic E-state index is 6.03. The van der Waals surface area contributed by atoms with Crippen molar-refractivity contribution in [2.45, 2.75) is 26.1 Å². The molecule has 0 bridgehead atoms. The molecule has 88 valence electrons. The minimum absolute atomic E-state index is 0.0869. The van der Waals surface area contributed by atoms with Crippen LogP contribution in [0.3, 0.4) is 0 Å². The van der Waals surface area contributed by atoms with Crippen LogP contribution in [0.15, 0.2) is 18.5 Å². The summed E-state index contributed by atoms with van der Waals surface area (Å²) in [5.41, 5.74) is 2.56. The van der Waals surface area contributed by atoms with Crippen molar-refractivity contribution in [1.29, 1.82) is 0 Å². The van der Waals surface area contributed by atoms with Gasteiger partial charge in [-0.1, -0.05) is 0 Å². The van der Waals surface area contributed by atoms with E-state index in [0.29, 0.717) is 11.6 Å². The summed E-state index contributed by atoms with van der Waals surface area (Å²) < 4.78 is 0. The van der Waals surface area contributed by atoms with Crippen LogP contribution in [0.25, 0.3) is 11.5 Å². The van der Waals surface area contributed by atoms with E-state index in [1.54, 1.807) is 18.5 Å². The number of hydrogen-bond acceptors (Lipinski definition) is 4. The Hall–Kier alpha value is -1.55. The summed E-state index contributed by atoms with van der Waals surface area (Å²) in [6.07, 6.45) is 3.46. The van der Waals surface area contributed by atoms with Crippen molar-refractivity contribution in [2.24, 2.45) is 0 Å². The molecule has 0 aliphatic carbocycles. The van der Waals surface area contributed by atoms with Crippen LogP contribution in [0.2, 0.25) is 0 Å². The molecule has 0 aromatic carbocycles. The maximum Gasteiger partial charge on any atom is 0.178 e. The highest BCUT2D eigenvalue weighted by molar-refractivity contribution is 6.20. The Morgan fingerprint density at radius 1 is 1.18 bits per heavy atom. The molecule has 1 atom stereocenters. The summed E-state index contributed by atoms with van der Waals surface area (Å²) in [4.78, 5) is 17.0. The summed E-state index contributed by atoms with van der Waals surface area (Å²) in [5, 5.41) is -0.0869. The Labute approximate surface area is 105 Å². The van der Waals surface area contributed by atoms with Crippen LogP contribution in [-0.2, 0) is 0 Å². The van der Waals surface area contributed by atoms with Crippen LogP contribution in [-0.4, -0.2) is 19.9 Å². The Bertz CT molecular complexity index is 540. The van der Waals surface area contributed by atoms with E-state index in [2.05, 4.69) is 19.9 Å². The zero-order chi connectivity index (χ0) is 12.4. The molecule has 0 radical (unpaired) electrons. The molecular formula is C12H13ClN4. The van der Waals surface area contributed by atoms with E-state index in [9.17, 15) is 0 Å². The molecule has 2 heterocycles. The zero-order valence-corrected chi connectivity index (χ0v) is 10.7. The molecule has 0 aliphatic heterocycles. The summed E-state index contributed by atoms with van der Waals surface area (Å²) in [6.45, 7) is 5.67. The number of alkyl halides is 1. The van der Waals surface area contributed by atoms with Crippen LogP contribution < -0.4 is 0 Å². The topological polar surface area (TPSA) is 51.6 Å². The fourth-order valence-corrected chi connectivity index (χ4v) is 1.79. The van der Waals surface area contributed by atoms with Gasteiger partial charge in [-0.3, -0.25) is 0 Å². The van der Waals surface area contributed by atoms with Gasteiger partial charge >= 0.3 is 0 Å². The summed E-state index contributed by atoms with van der Waals surface area (Å²) >= 11 is 6.03. The van der Waals surface area contributed by atoms with Crippen molar-refractivity contribution in [1.82, 2.24) is 19.9 Å². The van der Waals surface area contributed by atoms with Gasteiger partial charge in [-0.25, -0.2) is 19.9 Å². The predicted octanol–water partition coefficient (Wildman–Crippen LogP) is 2.85. The third-order valence-corrected chi connectivity index (χ3v) is 2.69. The number of aryl methyl sites for hydroxylation is 2. The van der Waals surface area contributed by atoms with Gasteiger partial charge in [-0.05, 0) is 26.8 Å². The Kier molecular flexibility index (Phi) is 3.33. The van der Waals surface area contributed by atoms with Crippen molar-refractivity contribution < 1.29 is 0 Å². The van der Waals surface area contributed by atoms with Crippen molar-refractivity contribution in [2.75, 3.05) is 0 Å². The summed E-state index contributed by atoms with van der Waals surface area (Å²) in [7, 11) is 0. The lowest BCUT2D eigenvalue weighted by Gasteiger charge is -2.08. The van der Waals surface area contributed by atoms with Gasteiger partial charge in [0.15, 0.2) is 5.82 Å². The van der Waals surface area contributed by atoms with Crippen LogP contribution in [0.5, 0.6) is 0 Å². The van der Waals surface area contributed by atoms with E-state index in [0.717, 1.165) is 17.0 Å². The fraction of sp³-hybridized carbons (Fsp3) is 0.333. The first-order valence-electron chi connectivity index (χ1n) is 5.35. The average molecular weight is 249 g/mol. The Morgan fingerprint density at radius 2 is 1.94 bits per heavy atom. The molecular weight excluding hydrogens is 236 g/mol. The largest absolute Gasteiger partial charge is 0.242 e. The van der Waals surface area contributed by atoms with Gasteiger partial charge in [-0.2, -0.15) is 0 Å². The quantitative estimate of drug-likeness (QED) is 0.767. The monoisotopic (exact) mass is 248 g/mol. The van der Waals surface area contributed by atoms with Gasteiger partial charge in [0.05, 0.1) is 5.38 Å². The number of aromatic nitrogens is 4. The van der Waals surface area contributed by atoms with Crippen molar-refractivity contribution in [3.8, 4) is 11.5 Å². The van der Waals surface area contributed by atoms with Crippen molar-refractivity contribution in [3.05, 3.63) is 35.5 Å². The first kappa shape index (κ1) is 11.9. The molecule has 4 nitrogen and oxygen atoms in total. The molecule has 0 saturated carbocycles. The third-order valence-electron chi connectivity index (χ3n) is 2.45.